The molecule has 8 heteroatoms. The number of hydrogen-bond acceptors (Lipinski definition) is 5. The number of fused-ring (bicyclic) bond motifs is 2. The van der Waals surface area contributed by atoms with Crippen LogP contribution in [0.5, 0.6) is 0 Å². The van der Waals surface area contributed by atoms with E-state index >= 15 is 0 Å². The Labute approximate surface area is 161 Å². The van der Waals surface area contributed by atoms with Crippen LogP contribution in [-0.2, 0) is 4.74 Å². The predicted octanol–water partition coefficient (Wildman–Crippen LogP) is 1.62. The normalized spacial score (nSPS) is 16.9. The summed E-state index contributed by atoms with van der Waals surface area (Å²) < 4.78 is 8.62. The number of amides is 1. The van der Waals surface area contributed by atoms with Gasteiger partial charge in [-0.3, -0.25) is 19.4 Å². The van der Waals surface area contributed by atoms with Gasteiger partial charge in [-0.05, 0) is 44.9 Å². The van der Waals surface area contributed by atoms with Crippen molar-refractivity contribution in [1.29, 1.82) is 5.41 Å². The maximum absolute atomic E-state index is 13.0. The van der Waals surface area contributed by atoms with E-state index in [0.29, 0.717) is 29.8 Å². The fourth-order valence-corrected chi connectivity index (χ4v) is 3.63. The minimum absolute atomic E-state index is 0.00653. The van der Waals surface area contributed by atoms with E-state index in [-0.39, 0.29) is 34.7 Å². The first-order valence-corrected chi connectivity index (χ1v) is 9.48. The molecule has 3 aromatic heterocycles. The molecule has 1 amide bonds. The molecule has 0 aliphatic carbocycles. The quantitative estimate of drug-likeness (QED) is 0.671. The second-order valence-electron chi connectivity index (χ2n) is 7.30. The summed E-state index contributed by atoms with van der Waals surface area (Å²) in [5, 5.41) is 11.7. The molecule has 1 saturated heterocycles. The third-order valence-corrected chi connectivity index (χ3v) is 5.04. The molecular formula is C20H23N5O3. The Kier molecular flexibility index (Phi) is 4.72. The average molecular weight is 381 g/mol. The summed E-state index contributed by atoms with van der Waals surface area (Å²) in [6.07, 6.45) is 3.56. The third kappa shape index (κ3) is 3.09. The fraction of sp³-hybridized carbons (Fsp3) is 0.400. The molecule has 0 saturated carbocycles. The number of aromatic nitrogens is 3. The molecule has 0 spiro atoms. The second kappa shape index (κ2) is 7.20. The van der Waals surface area contributed by atoms with Gasteiger partial charge in [0.25, 0.3) is 11.5 Å². The van der Waals surface area contributed by atoms with E-state index < -0.39 is 0 Å². The van der Waals surface area contributed by atoms with E-state index in [9.17, 15) is 9.59 Å². The van der Waals surface area contributed by atoms with E-state index in [2.05, 4.69) is 10.3 Å². The molecule has 4 rings (SSSR count). The fourth-order valence-electron chi connectivity index (χ4n) is 3.63. The van der Waals surface area contributed by atoms with Gasteiger partial charge in [0.15, 0.2) is 0 Å². The number of carbonyl (C=O) groups is 1. The average Bonchev–Trinajstić information content (AvgIpc) is 3.19. The molecule has 8 nitrogen and oxygen atoms in total. The Morgan fingerprint density at radius 3 is 2.96 bits per heavy atom. The number of rotatable bonds is 4. The summed E-state index contributed by atoms with van der Waals surface area (Å²) in [6.45, 7) is 4.91. The zero-order valence-electron chi connectivity index (χ0n) is 15.9. The summed E-state index contributed by atoms with van der Waals surface area (Å²) in [5.41, 5.74) is 0.855. The minimum atomic E-state index is -0.380. The Bertz CT molecular complexity index is 1170. The van der Waals surface area contributed by atoms with Gasteiger partial charge in [0.05, 0.1) is 17.1 Å². The van der Waals surface area contributed by atoms with Crippen LogP contribution in [0.2, 0.25) is 0 Å². The molecule has 1 aliphatic heterocycles. The lowest BCUT2D eigenvalue weighted by molar-refractivity contribution is 0.0855. The van der Waals surface area contributed by atoms with E-state index in [1.54, 1.807) is 22.9 Å². The van der Waals surface area contributed by atoms with Crippen molar-refractivity contribution < 1.29 is 9.53 Å². The standard InChI is InChI=1S/C20H23N5O3/c1-12(2)25-17(21)14(19(26)22-11-13-6-5-9-28-13)10-15-18(25)23-16-7-3-4-8-24(16)20(15)27/h3-4,7-8,10,12-13,21H,5-6,9,11H2,1-2H3,(H,22,26)/t13-/m0/s1. The molecule has 0 aromatic carbocycles. The molecule has 4 heterocycles. The van der Waals surface area contributed by atoms with Gasteiger partial charge in [-0.25, -0.2) is 4.98 Å². The number of nitrogens with one attached hydrogen (secondary N) is 2. The van der Waals surface area contributed by atoms with E-state index in [1.165, 1.54) is 10.5 Å². The van der Waals surface area contributed by atoms with Gasteiger partial charge in [-0.2, -0.15) is 0 Å². The maximum Gasteiger partial charge on any atom is 0.267 e. The molecule has 0 unspecified atom stereocenters. The highest BCUT2D eigenvalue weighted by molar-refractivity contribution is 5.96. The van der Waals surface area contributed by atoms with Crippen molar-refractivity contribution in [3.8, 4) is 0 Å². The summed E-state index contributed by atoms with van der Waals surface area (Å²) in [6, 6.07) is 6.65. The van der Waals surface area contributed by atoms with E-state index in [4.69, 9.17) is 10.1 Å². The van der Waals surface area contributed by atoms with Crippen LogP contribution in [0.3, 0.4) is 0 Å². The molecule has 0 bridgehead atoms. The number of pyridine rings is 2. The van der Waals surface area contributed by atoms with Gasteiger partial charge in [0.1, 0.15) is 16.8 Å². The Morgan fingerprint density at radius 2 is 2.25 bits per heavy atom. The predicted molar refractivity (Wildman–Crippen MR) is 105 cm³/mol. The van der Waals surface area contributed by atoms with Gasteiger partial charge in [-0.1, -0.05) is 6.07 Å². The van der Waals surface area contributed by atoms with Crippen molar-refractivity contribution in [2.45, 2.75) is 38.8 Å². The SMILES string of the molecule is CC(C)n1c(=N)c(C(=O)NC[C@@H]2CCCO2)cc2c(=O)n3ccccc3nc21. The van der Waals surface area contributed by atoms with Gasteiger partial charge in [0, 0.05) is 25.4 Å². The zero-order valence-corrected chi connectivity index (χ0v) is 15.9. The maximum atomic E-state index is 13.0. The number of hydrogen-bond donors (Lipinski definition) is 2. The zero-order chi connectivity index (χ0) is 19.8. The highest BCUT2D eigenvalue weighted by Gasteiger charge is 2.21. The molecule has 28 heavy (non-hydrogen) atoms. The van der Waals surface area contributed by atoms with Crippen LogP contribution in [0.15, 0.2) is 35.3 Å². The molecule has 3 aromatic rings. The topological polar surface area (TPSA) is 101 Å². The smallest absolute Gasteiger partial charge is 0.267 e. The molecule has 1 atom stereocenters. The van der Waals surface area contributed by atoms with Crippen molar-refractivity contribution in [1.82, 2.24) is 19.3 Å². The Balaban J connectivity index is 1.87. The first-order valence-electron chi connectivity index (χ1n) is 9.48. The summed E-state index contributed by atoms with van der Waals surface area (Å²) in [7, 11) is 0. The first-order chi connectivity index (χ1) is 13.5. The lowest BCUT2D eigenvalue weighted by atomic mass is 10.1. The molecule has 0 radical (unpaired) electrons. The number of carbonyl (C=O) groups excluding carboxylic acids is 1. The second-order valence-corrected chi connectivity index (χ2v) is 7.30. The lowest BCUT2D eigenvalue weighted by Crippen LogP contribution is -2.38. The van der Waals surface area contributed by atoms with E-state index in [0.717, 1.165) is 12.8 Å². The van der Waals surface area contributed by atoms with Crippen LogP contribution in [0, 0.1) is 5.41 Å². The molecule has 1 fully saturated rings. The Hall–Kier alpha value is -3.00. The molecule has 2 N–H and O–H groups in total. The number of nitrogens with zero attached hydrogens (tertiary/aromatic N) is 3. The van der Waals surface area contributed by atoms with Gasteiger partial charge in [0.2, 0.25) is 0 Å². The highest BCUT2D eigenvalue weighted by atomic mass is 16.5. The highest BCUT2D eigenvalue weighted by Crippen LogP contribution is 2.15. The van der Waals surface area contributed by atoms with Gasteiger partial charge in [-0.15, -0.1) is 0 Å². The van der Waals surface area contributed by atoms with Crippen LogP contribution in [0.25, 0.3) is 16.7 Å². The van der Waals surface area contributed by atoms with Crippen molar-refractivity contribution in [2.24, 2.45) is 0 Å². The molecule has 1 aliphatic rings. The van der Waals surface area contributed by atoms with E-state index in [1.807, 2.05) is 19.9 Å². The van der Waals surface area contributed by atoms with Crippen molar-refractivity contribution in [3.63, 3.8) is 0 Å². The molecular weight excluding hydrogens is 358 g/mol. The summed E-state index contributed by atoms with van der Waals surface area (Å²) >= 11 is 0. The van der Waals surface area contributed by atoms with Crippen LogP contribution in [0.1, 0.15) is 43.1 Å². The lowest BCUT2D eigenvalue weighted by Gasteiger charge is -2.18. The monoisotopic (exact) mass is 381 g/mol. The first kappa shape index (κ1) is 18.4. The van der Waals surface area contributed by atoms with Crippen molar-refractivity contribution >= 4 is 22.6 Å². The van der Waals surface area contributed by atoms with Crippen LogP contribution < -0.4 is 16.4 Å². The van der Waals surface area contributed by atoms with Crippen molar-refractivity contribution in [3.05, 3.63) is 51.9 Å². The number of ether oxygens (including phenoxy) is 1. The van der Waals surface area contributed by atoms with Crippen LogP contribution >= 0.6 is 0 Å². The van der Waals surface area contributed by atoms with Crippen LogP contribution in [0.4, 0.5) is 0 Å². The summed E-state index contributed by atoms with van der Waals surface area (Å²) in [5.74, 6) is -0.380. The van der Waals surface area contributed by atoms with Crippen LogP contribution in [-0.4, -0.2) is 39.1 Å². The van der Waals surface area contributed by atoms with Gasteiger partial charge < -0.3 is 14.6 Å². The van der Waals surface area contributed by atoms with Gasteiger partial charge >= 0.3 is 0 Å². The minimum Gasteiger partial charge on any atom is -0.376 e. The van der Waals surface area contributed by atoms with Crippen molar-refractivity contribution in [2.75, 3.05) is 13.2 Å². The third-order valence-electron chi connectivity index (χ3n) is 5.04. The Morgan fingerprint density at radius 1 is 1.43 bits per heavy atom. The largest absolute Gasteiger partial charge is 0.376 e. The summed E-state index contributed by atoms with van der Waals surface area (Å²) in [4.78, 5) is 30.4. The molecule has 146 valence electrons.